The van der Waals surface area contributed by atoms with Crippen LogP contribution in [-0.4, -0.2) is 21.6 Å². The van der Waals surface area contributed by atoms with Crippen LogP contribution in [0.5, 0.6) is 0 Å². The normalized spacial score (nSPS) is 16.2. The molecule has 0 saturated heterocycles. The second-order valence-corrected chi connectivity index (χ2v) is 7.80. The molecule has 2 heterocycles. The van der Waals surface area contributed by atoms with Gasteiger partial charge in [-0.05, 0) is 6.08 Å². The summed E-state index contributed by atoms with van der Waals surface area (Å²) in [6.45, 7) is 0.229. The van der Waals surface area contributed by atoms with E-state index in [1.165, 1.54) is 0 Å². The molecule has 0 saturated carbocycles. The zero-order valence-corrected chi connectivity index (χ0v) is 13.2. The molecule has 2 rings (SSSR count). The van der Waals surface area contributed by atoms with E-state index in [2.05, 4.69) is 19.8 Å². The summed E-state index contributed by atoms with van der Waals surface area (Å²) in [6.07, 6.45) is 1.57. The third kappa shape index (κ3) is 3.88. The molecule has 0 atom stereocenters. The van der Waals surface area contributed by atoms with Gasteiger partial charge in [0.05, 0.1) is 0 Å². The first kappa shape index (κ1) is 15.6. The maximum Gasteiger partial charge on any atom is 0.250 e. The second-order valence-electron chi connectivity index (χ2n) is 3.24. The minimum absolute atomic E-state index is 0.0372. The molecule has 5 nitrogen and oxygen atoms in total. The van der Waals surface area contributed by atoms with Gasteiger partial charge in [-0.25, -0.2) is 15.0 Å². The molecule has 0 amide bonds. The van der Waals surface area contributed by atoms with Crippen LogP contribution in [0.2, 0.25) is 0 Å². The summed E-state index contributed by atoms with van der Waals surface area (Å²) in [4.78, 5) is 21.2. The van der Waals surface area contributed by atoms with E-state index in [1.54, 1.807) is 6.08 Å². The van der Waals surface area contributed by atoms with Gasteiger partial charge in [0.2, 0.25) is 19.2 Å². The summed E-state index contributed by atoms with van der Waals surface area (Å²) < 4.78 is -3.80. The van der Waals surface area contributed by atoms with Crippen molar-refractivity contribution in [2.45, 2.75) is 7.59 Å². The monoisotopic (exact) mass is 383 g/mol. The Bertz CT molecular complexity index is 492. The first-order valence-corrected chi connectivity index (χ1v) is 6.85. The largest absolute Gasteiger partial charge is 0.333 e. The Hall–Kier alpha value is 0.250. The van der Waals surface area contributed by atoms with Crippen LogP contribution in [0, 0.1) is 0 Å². The van der Waals surface area contributed by atoms with E-state index < -0.39 is 7.59 Å². The van der Waals surface area contributed by atoms with E-state index in [1.807, 2.05) is 0 Å². The quantitative estimate of drug-likeness (QED) is 0.543. The molecule has 1 aliphatic heterocycles. The van der Waals surface area contributed by atoms with Gasteiger partial charge in [-0.1, -0.05) is 69.6 Å². The lowest BCUT2D eigenvalue weighted by Crippen LogP contribution is -2.18. The number of halogens is 6. The van der Waals surface area contributed by atoms with Crippen molar-refractivity contribution in [1.82, 2.24) is 15.0 Å². The molecule has 19 heavy (non-hydrogen) atoms. The molecule has 11 heteroatoms. The van der Waals surface area contributed by atoms with Crippen molar-refractivity contribution in [3.05, 3.63) is 23.5 Å². The van der Waals surface area contributed by atoms with Gasteiger partial charge in [-0.15, -0.1) is 0 Å². The predicted octanol–water partition coefficient (Wildman–Crippen LogP) is 3.83. The highest BCUT2D eigenvalue weighted by Gasteiger charge is 2.34. The van der Waals surface area contributed by atoms with Crippen LogP contribution in [0.1, 0.15) is 17.5 Å². The molecule has 104 valence electrons. The average molecular weight is 386 g/mol. The highest BCUT2D eigenvalue weighted by molar-refractivity contribution is 6.67. The highest BCUT2D eigenvalue weighted by atomic mass is 35.6. The first-order chi connectivity index (χ1) is 8.68. The Morgan fingerprint density at radius 2 is 1.42 bits per heavy atom. The zero-order valence-electron chi connectivity index (χ0n) is 8.71. The summed E-state index contributed by atoms with van der Waals surface area (Å²) in [5, 5.41) is 0. The minimum Gasteiger partial charge on any atom is -0.333 e. The van der Waals surface area contributed by atoms with Crippen molar-refractivity contribution < 1.29 is 9.78 Å². The van der Waals surface area contributed by atoms with Crippen LogP contribution in [0.15, 0.2) is 6.08 Å². The van der Waals surface area contributed by atoms with Crippen LogP contribution in [-0.2, 0) is 17.4 Å². The second kappa shape index (κ2) is 5.56. The van der Waals surface area contributed by atoms with Gasteiger partial charge in [0.1, 0.15) is 6.61 Å². The third-order valence-electron chi connectivity index (χ3n) is 1.85. The maximum atomic E-state index is 5.72. The van der Waals surface area contributed by atoms with Gasteiger partial charge in [0.25, 0.3) is 0 Å². The van der Waals surface area contributed by atoms with E-state index >= 15 is 0 Å². The topological polar surface area (TPSA) is 57.1 Å². The van der Waals surface area contributed by atoms with Crippen LogP contribution < -0.4 is 0 Å². The maximum absolute atomic E-state index is 5.72. The number of rotatable bonds is 1. The van der Waals surface area contributed by atoms with Crippen molar-refractivity contribution in [3.63, 3.8) is 0 Å². The first-order valence-electron chi connectivity index (χ1n) is 4.58. The molecule has 0 bridgehead atoms. The Morgan fingerprint density at radius 3 is 1.79 bits per heavy atom. The van der Waals surface area contributed by atoms with Gasteiger partial charge in [-0.2, -0.15) is 4.89 Å². The molecule has 0 unspecified atom stereocenters. The standard InChI is InChI=1S/C8H3Cl6N3O2/c9-7(10,11)5-15-4(3-1-2-18-19-3)16-6(17-5)8(12,13)14/h1H,2H2. The summed E-state index contributed by atoms with van der Waals surface area (Å²) >= 11 is 34.3. The molecule has 1 aromatic rings. The Morgan fingerprint density at radius 1 is 0.895 bits per heavy atom. The number of aromatic nitrogens is 3. The van der Waals surface area contributed by atoms with Crippen LogP contribution in [0.3, 0.4) is 0 Å². The van der Waals surface area contributed by atoms with E-state index in [0.717, 1.165) is 0 Å². The third-order valence-corrected chi connectivity index (χ3v) is 2.86. The van der Waals surface area contributed by atoms with Crippen LogP contribution in [0.4, 0.5) is 0 Å². The van der Waals surface area contributed by atoms with E-state index in [9.17, 15) is 0 Å². The summed E-state index contributed by atoms with van der Waals surface area (Å²) in [5.41, 5.74) is 0. The fraction of sp³-hybridized carbons (Fsp3) is 0.375. The van der Waals surface area contributed by atoms with Crippen molar-refractivity contribution in [2.75, 3.05) is 6.61 Å². The van der Waals surface area contributed by atoms with Crippen LogP contribution >= 0.6 is 69.6 Å². The van der Waals surface area contributed by atoms with E-state index in [4.69, 9.17) is 74.5 Å². The highest BCUT2D eigenvalue weighted by Crippen LogP contribution is 2.40. The predicted molar refractivity (Wildman–Crippen MR) is 73.3 cm³/mol. The zero-order chi connectivity index (χ0) is 14.3. The number of alkyl halides is 6. The number of hydrogen-bond donors (Lipinski definition) is 0. The molecule has 0 spiro atoms. The number of nitrogens with zero attached hydrogens (tertiary/aromatic N) is 3. The lowest BCUT2D eigenvalue weighted by atomic mass is 10.4. The summed E-state index contributed by atoms with van der Waals surface area (Å²) in [7, 11) is 0. The smallest absolute Gasteiger partial charge is 0.250 e. The van der Waals surface area contributed by atoms with Gasteiger partial charge in [0, 0.05) is 0 Å². The van der Waals surface area contributed by atoms with Crippen molar-refractivity contribution in [3.8, 4) is 0 Å². The lowest BCUT2D eigenvalue weighted by Gasteiger charge is -2.15. The Labute approximate surface area is 137 Å². The molecule has 1 aliphatic rings. The Balaban J connectivity index is 2.55. The summed E-state index contributed by atoms with van der Waals surface area (Å²) in [5.74, 6) is -0.135. The molecule has 0 radical (unpaired) electrons. The van der Waals surface area contributed by atoms with Gasteiger partial charge < -0.3 is 4.89 Å². The molecule has 0 aliphatic carbocycles. The molecular formula is C8H3Cl6N3O2. The van der Waals surface area contributed by atoms with E-state index in [0.29, 0.717) is 0 Å². The Kier molecular flexibility index (Phi) is 4.58. The fourth-order valence-corrected chi connectivity index (χ4v) is 1.62. The number of hydrogen-bond acceptors (Lipinski definition) is 5. The van der Waals surface area contributed by atoms with Crippen molar-refractivity contribution in [2.24, 2.45) is 0 Å². The summed E-state index contributed by atoms with van der Waals surface area (Å²) in [6, 6.07) is 0. The van der Waals surface area contributed by atoms with Crippen LogP contribution in [0.25, 0.3) is 5.76 Å². The fourth-order valence-electron chi connectivity index (χ4n) is 1.11. The molecular weight excluding hydrogens is 383 g/mol. The van der Waals surface area contributed by atoms with Crippen molar-refractivity contribution >= 4 is 75.4 Å². The van der Waals surface area contributed by atoms with Crippen molar-refractivity contribution in [1.29, 1.82) is 0 Å². The van der Waals surface area contributed by atoms with E-state index in [-0.39, 0.29) is 29.8 Å². The SMILES string of the molecule is ClC(Cl)(Cl)c1nc(C2=CCOO2)nc(C(Cl)(Cl)Cl)n1. The average Bonchev–Trinajstić information content (AvgIpc) is 2.79. The molecule has 0 aromatic carbocycles. The van der Waals surface area contributed by atoms with Gasteiger partial charge in [-0.3, -0.25) is 0 Å². The molecule has 0 fully saturated rings. The van der Waals surface area contributed by atoms with Gasteiger partial charge >= 0.3 is 0 Å². The molecule has 0 N–H and O–H groups in total. The molecule has 1 aromatic heterocycles. The minimum atomic E-state index is -1.90. The van der Waals surface area contributed by atoms with Gasteiger partial charge in [0.15, 0.2) is 11.6 Å². The lowest BCUT2D eigenvalue weighted by molar-refractivity contribution is -0.209.